The first-order valence-electron chi connectivity index (χ1n) is 5.40. The van der Waals surface area contributed by atoms with Gasteiger partial charge in [-0.2, -0.15) is 0 Å². The minimum Gasteiger partial charge on any atom is -0.464 e. The van der Waals surface area contributed by atoms with Gasteiger partial charge in [-0.05, 0) is 30.2 Å². The van der Waals surface area contributed by atoms with Crippen LogP contribution in [0.15, 0.2) is 22.7 Å². The second-order valence-electron chi connectivity index (χ2n) is 3.99. The summed E-state index contributed by atoms with van der Waals surface area (Å²) in [5.41, 5.74) is 6.65. The number of nitrogens with two attached hydrogens (primary N) is 1. The van der Waals surface area contributed by atoms with Crippen LogP contribution in [0.1, 0.15) is 18.1 Å². The molecule has 0 radical (unpaired) electrons. The lowest BCUT2D eigenvalue weighted by atomic mass is 9.86. The van der Waals surface area contributed by atoms with Crippen LogP contribution in [0.3, 0.4) is 0 Å². The van der Waals surface area contributed by atoms with Crippen molar-refractivity contribution in [3.63, 3.8) is 0 Å². The fourth-order valence-electron chi connectivity index (χ4n) is 1.95. The Labute approximate surface area is 108 Å². The summed E-state index contributed by atoms with van der Waals surface area (Å²) in [4.78, 5) is 11.9. The lowest BCUT2D eigenvalue weighted by molar-refractivity contribution is -0.154. The number of carbonyl (C=O) groups is 1. The Kier molecular flexibility index (Phi) is 3.51. The van der Waals surface area contributed by atoms with Crippen molar-refractivity contribution >= 4 is 21.9 Å². The van der Waals surface area contributed by atoms with Crippen LogP contribution in [0.25, 0.3) is 0 Å². The molecule has 0 saturated heterocycles. The van der Waals surface area contributed by atoms with Crippen molar-refractivity contribution in [2.24, 2.45) is 5.73 Å². The van der Waals surface area contributed by atoms with Gasteiger partial charge in [0.1, 0.15) is 0 Å². The molecular weight excluding hydrogens is 286 g/mol. The molecule has 5 heteroatoms. The van der Waals surface area contributed by atoms with Crippen molar-refractivity contribution in [2.45, 2.75) is 19.1 Å². The first-order valence-corrected chi connectivity index (χ1v) is 6.20. The molecule has 1 atom stereocenters. The minimum absolute atomic E-state index is 0.153. The Morgan fingerprint density at radius 1 is 1.65 bits per heavy atom. The molecular formula is C12H14BrNO3. The number of hydrogen-bond donors (Lipinski definition) is 1. The standard InChI is InChI=1S/C12H14BrNO3/c1-2-17-11(15)12(14)7-16-6-8-5-9(13)3-4-10(8)12/h3-5H,2,6-7,14H2,1H3. The fraction of sp³-hybridized carbons (Fsp3) is 0.417. The highest BCUT2D eigenvalue weighted by Gasteiger charge is 2.42. The molecule has 0 amide bonds. The van der Waals surface area contributed by atoms with Crippen LogP contribution >= 0.6 is 15.9 Å². The van der Waals surface area contributed by atoms with Crippen molar-refractivity contribution in [1.82, 2.24) is 0 Å². The van der Waals surface area contributed by atoms with Crippen LogP contribution in [0.5, 0.6) is 0 Å². The van der Waals surface area contributed by atoms with Crippen LogP contribution < -0.4 is 5.73 Å². The van der Waals surface area contributed by atoms with Crippen LogP contribution in [0, 0.1) is 0 Å². The van der Waals surface area contributed by atoms with E-state index in [0.29, 0.717) is 13.2 Å². The van der Waals surface area contributed by atoms with Gasteiger partial charge in [0.15, 0.2) is 5.54 Å². The Morgan fingerprint density at radius 2 is 2.41 bits per heavy atom. The molecule has 1 aliphatic heterocycles. The topological polar surface area (TPSA) is 61.5 Å². The number of benzene rings is 1. The third kappa shape index (κ3) is 2.22. The van der Waals surface area contributed by atoms with Gasteiger partial charge in [-0.25, -0.2) is 4.79 Å². The number of fused-ring (bicyclic) bond motifs is 1. The highest BCUT2D eigenvalue weighted by Crippen LogP contribution is 2.31. The second kappa shape index (κ2) is 4.76. The van der Waals surface area contributed by atoms with E-state index in [1.165, 1.54) is 0 Å². The fourth-order valence-corrected chi connectivity index (χ4v) is 2.35. The summed E-state index contributed by atoms with van der Waals surface area (Å²) >= 11 is 3.38. The van der Waals surface area contributed by atoms with Gasteiger partial charge in [-0.1, -0.05) is 22.0 Å². The zero-order valence-electron chi connectivity index (χ0n) is 9.53. The maximum absolute atomic E-state index is 11.9. The molecule has 0 fully saturated rings. The predicted octanol–water partition coefficient (Wildman–Crippen LogP) is 1.70. The van der Waals surface area contributed by atoms with Gasteiger partial charge >= 0.3 is 5.97 Å². The normalized spacial score (nSPS) is 23.0. The van der Waals surface area contributed by atoms with E-state index in [4.69, 9.17) is 15.2 Å². The van der Waals surface area contributed by atoms with Gasteiger partial charge in [0.2, 0.25) is 0 Å². The second-order valence-corrected chi connectivity index (χ2v) is 4.90. The van der Waals surface area contributed by atoms with Gasteiger partial charge in [0, 0.05) is 4.47 Å². The van der Waals surface area contributed by atoms with Crippen molar-refractivity contribution in [1.29, 1.82) is 0 Å². The lowest BCUT2D eigenvalue weighted by Gasteiger charge is -2.33. The summed E-state index contributed by atoms with van der Waals surface area (Å²) < 4.78 is 11.3. The molecule has 17 heavy (non-hydrogen) atoms. The highest BCUT2D eigenvalue weighted by molar-refractivity contribution is 9.10. The summed E-state index contributed by atoms with van der Waals surface area (Å²) in [5, 5.41) is 0. The molecule has 2 N–H and O–H groups in total. The average molecular weight is 300 g/mol. The lowest BCUT2D eigenvalue weighted by Crippen LogP contribution is -2.52. The molecule has 1 aliphatic rings. The SMILES string of the molecule is CCOC(=O)C1(N)COCc2cc(Br)ccc21. The Balaban J connectivity index is 2.43. The first kappa shape index (κ1) is 12.5. The number of hydrogen-bond acceptors (Lipinski definition) is 4. The summed E-state index contributed by atoms with van der Waals surface area (Å²) in [5.74, 6) is -0.441. The highest BCUT2D eigenvalue weighted by atomic mass is 79.9. The number of rotatable bonds is 2. The maximum Gasteiger partial charge on any atom is 0.333 e. The summed E-state index contributed by atoms with van der Waals surface area (Å²) in [6.07, 6.45) is 0. The van der Waals surface area contributed by atoms with E-state index >= 15 is 0 Å². The molecule has 1 aromatic carbocycles. The predicted molar refractivity (Wildman–Crippen MR) is 66.3 cm³/mol. The quantitative estimate of drug-likeness (QED) is 0.844. The van der Waals surface area contributed by atoms with Crippen LogP contribution in [0.2, 0.25) is 0 Å². The molecule has 0 aromatic heterocycles. The molecule has 1 unspecified atom stereocenters. The zero-order chi connectivity index (χ0) is 12.5. The monoisotopic (exact) mass is 299 g/mol. The largest absolute Gasteiger partial charge is 0.464 e. The van der Waals surface area contributed by atoms with E-state index in [0.717, 1.165) is 15.6 Å². The average Bonchev–Trinajstić information content (AvgIpc) is 2.29. The van der Waals surface area contributed by atoms with E-state index in [2.05, 4.69) is 15.9 Å². The number of carbonyl (C=O) groups excluding carboxylic acids is 1. The van der Waals surface area contributed by atoms with Gasteiger partial charge in [-0.3, -0.25) is 0 Å². The zero-order valence-corrected chi connectivity index (χ0v) is 11.1. The number of ether oxygens (including phenoxy) is 2. The van der Waals surface area contributed by atoms with Crippen LogP contribution in [0.4, 0.5) is 0 Å². The van der Waals surface area contributed by atoms with Crippen molar-refractivity contribution < 1.29 is 14.3 Å². The van der Waals surface area contributed by atoms with E-state index < -0.39 is 11.5 Å². The molecule has 1 aromatic rings. The van der Waals surface area contributed by atoms with Crippen LogP contribution in [-0.4, -0.2) is 19.2 Å². The van der Waals surface area contributed by atoms with Crippen molar-refractivity contribution in [2.75, 3.05) is 13.2 Å². The van der Waals surface area contributed by atoms with E-state index in [1.807, 2.05) is 18.2 Å². The first-order chi connectivity index (χ1) is 8.08. The van der Waals surface area contributed by atoms with Gasteiger partial charge in [0.05, 0.1) is 19.8 Å². The van der Waals surface area contributed by atoms with E-state index in [-0.39, 0.29) is 6.61 Å². The smallest absolute Gasteiger partial charge is 0.333 e. The van der Waals surface area contributed by atoms with Crippen molar-refractivity contribution in [3.8, 4) is 0 Å². The Bertz CT molecular complexity index is 449. The van der Waals surface area contributed by atoms with Gasteiger partial charge in [0.25, 0.3) is 0 Å². The maximum atomic E-state index is 11.9. The minimum atomic E-state index is -1.19. The molecule has 1 heterocycles. The summed E-state index contributed by atoms with van der Waals surface area (Å²) in [6.45, 7) is 2.69. The Hall–Kier alpha value is -0.910. The van der Waals surface area contributed by atoms with E-state index in [9.17, 15) is 4.79 Å². The van der Waals surface area contributed by atoms with Gasteiger partial charge < -0.3 is 15.2 Å². The molecule has 0 aliphatic carbocycles. The number of halogens is 1. The third-order valence-electron chi connectivity index (χ3n) is 2.77. The summed E-state index contributed by atoms with van der Waals surface area (Å²) in [6, 6.07) is 5.62. The Morgan fingerprint density at radius 3 is 3.12 bits per heavy atom. The molecule has 0 saturated carbocycles. The van der Waals surface area contributed by atoms with Gasteiger partial charge in [-0.15, -0.1) is 0 Å². The molecule has 4 nitrogen and oxygen atoms in total. The molecule has 0 spiro atoms. The molecule has 2 rings (SSSR count). The number of esters is 1. The van der Waals surface area contributed by atoms with Crippen LogP contribution in [-0.2, 0) is 26.4 Å². The third-order valence-corrected chi connectivity index (χ3v) is 3.27. The van der Waals surface area contributed by atoms with E-state index in [1.54, 1.807) is 6.92 Å². The molecule has 0 bridgehead atoms. The molecule has 92 valence electrons. The summed E-state index contributed by atoms with van der Waals surface area (Å²) in [7, 11) is 0. The van der Waals surface area contributed by atoms with Crippen molar-refractivity contribution in [3.05, 3.63) is 33.8 Å².